The van der Waals surface area contributed by atoms with Crippen molar-refractivity contribution >= 4 is 5.97 Å². The third kappa shape index (κ3) is 4.32. The minimum absolute atomic E-state index is 0.0735. The van der Waals surface area contributed by atoms with Gasteiger partial charge in [0.1, 0.15) is 5.67 Å². The molecule has 0 amide bonds. The fourth-order valence-electron chi connectivity index (χ4n) is 2.05. The number of halogens is 1. The van der Waals surface area contributed by atoms with E-state index in [1.54, 1.807) is 12.1 Å². The number of carboxylic acid groups (broad SMARTS) is 1. The maximum Gasteiger partial charge on any atom is 0.303 e. The number of rotatable bonds is 7. The van der Waals surface area contributed by atoms with E-state index in [-0.39, 0.29) is 12.8 Å². The molecule has 1 aromatic carbocycles. The van der Waals surface area contributed by atoms with Crippen LogP contribution in [0.25, 0.3) is 0 Å². The highest BCUT2D eigenvalue weighted by molar-refractivity contribution is 5.66. The summed E-state index contributed by atoms with van der Waals surface area (Å²) in [6.07, 6.45) is 0.154. The molecular weight excluding hydrogens is 277 g/mol. The number of hydrogen-bond donors (Lipinski definition) is 2. The van der Waals surface area contributed by atoms with E-state index in [4.69, 9.17) is 20.3 Å². The monoisotopic (exact) mass is 299 g/mol. The number of aliphatic carboxylic acids is 1. The Kier molecular flexibility index (Phi) is 5.54. The summed E-state index contributed by atoms with van der Waals surface area (Å²) in [6.45, 7) is 2.86. The van der Waals surface area contributed by atoms with Crippen LogP contribution in [0.2, 0.25) is 0 Å². The summed E-state index contributed by atoms with van der Waals surface area (Å²) in [5, 5.41) is 8.75. The molecule has 0 bridgehead atoms. The fourth-order valence-corrected chi connectivity index (χ4v) is 2.05. The van der Waals surface area contributed by atoms with Crippen LogP contribution >= 0.6 is 0 Å². The topological polar surface area (TPSA) is 81.8 Å². The van der Waals surface area contributed by atoms with Crippen LogP contribution in [0.1, 0.15) is 43.9 Å². The number of alkyl halides is 1. The number of carboxylic acids is 1. The highest BCUT2D eigenvalue weighted by Crippen LogP contribution is 2.40. The number of methoxy groups -OCH3 is 2. The molecule has 1 rings (SSSR count). The van der Waals surface area contributed by atoms with E-state index in [0.29, 0.717) is 22.6 Å². The van der Waals surface area contributed by atoms with Gasteiger partial charge in [-0.3, -0.25) is 4.79 Å². The molecule has 0 aliphatic carbocycles. The Hall–Kier alpha value is -1.82. The quantitative estimate of drug-likeness (QED) is 0.809. The number of hydrogen-bond acceptors (Lipinski definition) is 4. The predicted octanol–water partition coefficient (Wildman–Crippen LogP) is 2.77. The highest BCUT2D eigenvalue weighted by atomic mass is 19.1. The maximum absolute atomic E-state index is 14.2. The van der Waals surface area contributed by atoms with Gasteiger partial charge in [-0.25, -0.2) is 4.39 Å². The number of benzene rings is 1. The lowest BCUT2D eigenvalue weighted by Crippen LogP contribution is -2.17. The van der Waals surface area contributed by atoms with Gasteiger partial charge in [0.15, 0.2) is 11.5 Å². The summed E-state index contributed by atoms with van der Waals surface area (Å²) in [5.74, 6) is -0.150. The van der Waals surface area contributed by atoms with Crippen LogP contribution in [0.4, 0.5) is 4.39 Å². The standard InChI is InChI=1S/C15H22FNO4/c1-15(2,16)9-7-10(11(17)5-6-13(18)19)14(21-4)12(8-9)20-3/h7-8,11H,5-6,17H2,1-4H3,(H,18,19). The molecular formula is C15H22FNO4. The lowest BCUT2D eigenvalue weighted by Gasteiger charge is -2.22. The van der Waals surface area contributed by atoms with Crippen molar-refractivity contribution in [1.82, 2.24) is 0 Å². The van der Waals surface area contributed by atoms with E-state index in [1.807, 2.05) is 0 Å². The first-order valence-corrected chi connectivity index (χ1v) is 6.63. The summed E-state index contributed by atoms with van der Waals surface area (Å²) in [7, 11) is 2.92. The maximum atomic E-state index is 14.2. The molecule has 0 saturated carbocycles. The summed E-state index contributed by atoms with van der Waals surface area (Å²) in [5.41, 5.74) is 5.41. The predicted molar refractivity (Wildman–Crippen MR) is 77.5 cm³/mol. The SMILES string of the molecule is COc1cc(C(C)(C)F)cc(C(N)CCC(=O)O)c1OC. The van der Waals surface area contributed by atoms with E-state index < -0.39 is 17.7 Å². The summed E-state index contributed by atoms with van der Waals surface area (Å²) < 4.78 is 24.7. The fraction of sp³-hybridized carbons (Fsp3) is 0.533. The molecule has 0 saturated heterocycles. The normalized spacial score (nSPS) is 12.9. The van der Waals surface area contributed by atoms with E-state index >= 15 is 0 Å². The summed E-state index contributed by atoms with van der Waals surface area (Å²) in [6, 6.07) is 2.59. The van der Waals surface area contributed by atoms with E-state index in [1.165, 1.54) is 28.1 Å². The third-order valence-corrected chi connectivity index (χ3v) is 3.26. The van der Waals surface area contributed by atoms with Crippen molar-refractivity contribution in [1.29, 1.82) is 0 Å². The highest BCUT2D eigenvalue weighted by Gasteiger charge is 2.25. The number of nitrogens with two attached hydrogens (primary N) is 1. The molecule has 1 unspecified atom stereocenters. The molecule has 0 aliphatic rings. The lowest BCUT2D eigenvalue weighted by atomic mass is 9.93. The zero-order valence-corrected chi connectivity index (χ0v) is 12.8. The average molecular weight is 299 g/mol. The largest absolute Gasteiger partial charge is 0.493 e. The molecule has 5 nitrogen and oxygen atoms in total. The molecule has 118 valence electrons. The zero-order chi connectivity index (χ0) is 16.2. The number of ether oxygens (including phenoxy) is 2. The van der Waals surface area contributed by atoms with Crippen LogP contribution in [0, 0.1) is 0 Å². The van der Waals surface area contributed by atoms with Gasteiger partial charge in [-0.05, 0) is 38.0 Å². The van der Waals surface area contributed by atoms with E-state index in [0.717, 1.165) is 0 Å². The van der Waals surface area contributed by atoms with Gasteiger partial charge in [0.25, 0.3) is 0 Å². The molecule has 0 radical (unpaired) electrons. The van der Waals surface area contributed by atoms with Crippen molar-refractivity contribution < 1.29 is 23.8 Å². The van der Waals surface area contributed by atoms with Gasteiger partial charge in [0, 0.05) is 18.0 Å². The second-order valence-corrected chi connectivity index (χ2v) is 5.31. The third-order valence-electron chi connectivity index (χ3n) is 3.26. The Morgan fingerprint density at radius 3 is 2.43 bits per heavy atom. The van der Waals surface area contributed by atoms with Crippen LogP contribution in [0.15, 0.2) is 12.1 Å². The van der Waals surface area contributed by atoms with Crippen molar-refractivity contribution in [2.75, 3.05) is 14.2 Å². The zero-order valence-electron chi connectivity index (χ0n) is 12.8. The first kappa shape index (κ1) is 17.2. The Labute approximate surface area is 123 Å². The van der Waals surface area contributed by atoms with E-state index in [2.05, 4.69) is 0 Å². The van der Waals surface area contributed by atoms with Gasteiger partial charge in [-0.1, -0.05) is 0 Å². The van der Waals surface area contributed by atoms with Crippen molar-refractivity contribution in [3.8, 4) is 11.5 Å². The van der Waals surface area contributed by atoms with Crippen LogP contribution in [-0.4, -0.2) is 25.3 Å². The van der Waals surface area contributed by atoms with Crippen molar-refractivity contribution in [2.45, 2.75) is 38.4 Å². The Balaban J connectivity index is 3.29. The molecule has 3 N–H and O–H groups in total. The van der Waals surface area contributed by atoms with Gasteiger partial charge in [-0.2, -0.15) is 0 Å². The first-order chi connectivity index (χ1) is 9.70. The molecule has 0 aromatic heterocycles. The van der Waals surface area contributed by atoms with Crippen LogP contribution in [-0.2, 0) is 10.5 Å². The lowest BCUT2D eigenvalue weighted by molar-refractivity contribution is -0.137. The minimum atomic E-state index is -1.57. The van der Waals surface area contributed by atoms with Crippen LogP contribution in [0.3, 0.4) is 0 Å². The molecule has 0 aliphatic heterocycles. The molecule has 6 heteroatoms. The van der Waals surface area contributed by atoms with Crippen LogP contribution < -0.4 is 15.2 Å². The first-order valence-electron chi connectivity index (χ1n) is 6.63. The Bertz CT molecular complexity index is 511. The Morgan fingerprint density at radius 1 is 1.38 bits per heavy atom. The van der Waals surface area contributed by atoms with E-state index in [9.17, 15) is 9.18 Å². The smallest absolute Gasteiger partial charge is 0.303 e. The summed E-state index contributed by atoms with van der Waals surface area (Å²) >= 11 is 0. The molecule has 1 atom stereocenters. The number of carbonyl (C=O) groups is 1. The molecule has 0 fully saturated rings. The van der Waals surface area contributed by atoms with Gasteiger partial charge >= 0.3 is 5.97 Å². The molecule has 0 spiro atoms. The van der Waals surface area contributed by atoms with Gasteiger partial charge in [-0.15, -0.1) is 0 Å². The average Bonchev–Trinajstić information content (AvgIpc) is 2.41. The second kappa shape index (κ2) is 6.76. The minimum Gasteiger partial charge on any atom is -0.493 e. The van der Waals surface area contributed by atoms with Gasteiger partial charge < -0.3 is 20.3 Å². The second-order valence-electron chi connectivity index (χ2n) is 5.31. The Morgan fingerprint density at radius 2 is 2.00 bits per heavy atom. The summed E-state index contributed by atoms with van der Waals surface area (Å²) in [4.78, 5) is 10.7. The molecule has 0 heterocycles. The van der Waals surface area contributed by atoms with Crippen molar-refractivity contribution in [2.24, 2.45) is 5.73 Å². The van der Waals surface area contributed by atoms with Crippen LogP contribution in [0.5, 0.6) is 11.5 Å². The molecule has 1 aromatic rings. The van der Waals surface area contributed by atoms with Crippen molar-refractivity contribution in [3.05, 3.63) is 23.3 Å². The van der Waals surface area contributed by atoms with Gasteiger partial charge in [0.05, 0.1) is 14.2 Å². The molecule has 21 heavy (non-hydrogen) atoms. The van der Waals surface area contributed by atoms with Crippen molar-refractivity contribution in [3.63, 3.8) is 0 Å². The van der Waals surface area contributed by atoms with Gasteiger partial charge in [0.2, 0.25) is 0 Å².